The van der Waals surface area contributed by atoms with Gasteiger partial charge in [0.2, 0.25) is 5.88 Å². The van der Waals surface area contributed by atoms with Gasteiger partial charge in [0.25, 0.3) is 0 Å². The Balaban J connectivity index is 0.000000847. The van der Waals surface area contributed by atoms with Gasteiger partial charge < -0.3 is 9.84 Å². The molecule has 3 rings (SSSR count). The number of hydrogen-bond acceptors (Lipinski definition) is 5. The van der Waals surface area contributed by atoms with Crippen LogP contribution in [0.3, 0.4) is 0 Å². The van der Waals surface area contributed by atoms with E-state index in [-0.39, 0.29) is 6.10 Å². The van der Waals surface area contributed by atoms with Crippen LogP contribution in [0.15, 0.2) is 6.07 Å². The Morgan fingerprint density at radius 2 is 2.00 bits per heavy atom. The van der Waals surface area contributed by atoms with Gasteiger partial charge in [-0.25, -0.2) is 4.98 Å². The van der Waals surface area contributed by atoms with E-state index in [1.54, 1.807) is 0 Å². The van der Waals surface area contributed by atoms with Crippen molar-refractivity contribution in [2.45, 2.75) is 59.0 Å². The van der Waals surface area contributed by atoms with Gasteiger partial charge >= 0.3 is 0 Å². The molecule has 1 atom stereocenters. The molecule has 22 heavy (non-hydrogen) atoms. The zero-order chi connectivity index (χ0) is 16.3. The standard InChI is InChI=1S/C16H21N3O.CH4O/c1-5-11-8-13-14-12(17-11)7-6-10(4)20-16(14)19-15(18-13)9(2)3;1-2/h8-10H,5-7H2,1-4H3;2H,1H3. The SMILES string of the molecule is CCc1cc2nc(C(C)C)nc3c2c(n1)CCC(C)O3.CO. The van der Waals surface area contributed by atoms with Gasteiger partial charge in [0.05, 0.1) is 22.7 Å². The first-order valence-corrected chi connectivity index (χ1v) is 7.90. The lowest BCUT2D eigenvalue weighted by atomic mass is 10.1. The lowest BCUT2D eigenvalue weighted by Crippen LogP contribution is -2.12. The fourth-order valence-corrected chi connectivity index (χ4v) is 2.56. The Bertz CT molecular complexity index is 656. The molecule has 1 N–H and O–H groups in total. The fraction of sp³-hybridized carbons (Fsp3) is 0.588. The Morgan fingerprint density at radius 1 is 1.27 bits per heavy atom. The zero-order valence-electron chi connectivity index (χ0n) is 14.1. The fourth-order valence-electron chi connectivity index (χ4n) is 2.56. The molecular formula is C17H25N3O2. The summed E-state index contributed by atoms with van der Waals surface area (Å²) < 4.78 is 6.00. The molecule has 0 aromatic carbocycles. The molecule has 3 heterocycles. The summed E-state index contributed by atoms with van der Waals surface area (Å²) in [4.78, 5) is 14.1. The number of ether oxygens (including phenoxy) is 1. The van der Waals surface area contributed by atoms with E-state index in [0.29, 0.717) is 11.8 Å². The lowest BCUT2D eigenvalue weighted by molar-refractivity contribution is 0.209. The van der Waals surface area contributed by atoms with Crippen LogP contribution in [0.4, 0.5) is 0 Å². The van der Waals surface area contributed by atoms with Crippen molar-refractivity contribution in [1.29, 1.82) is 0 Å². The highest BCUT2D eigenvalue weighted by molar-refractivity contribution is 5.86. The number of aryl methyl sites for hydroxylation is 2. The number of aromatic nitrogens is 3. The van der Waals surface area contributed by atoms with E-state index < -0.39 is 0 Å². The van der Waals surface area contributed by atoms with Crippen LogP contribution in [-0.2, 0) is 12.8 Å². The van der Waals surface area contributed by atoms with Gasteiger partial charge in [0.1, 0.15) is 5.82 Å². The smallest absolute Gasteiger partial charge is 0.226 e. The molecule has 120 valence electrons. The van der Waals surface area contributed by atoms with Gasteiger partial charge in [0.15, 0.2) is 0 Å². The van der Waals surface area contributed by atoms with Crippen LogP contribution in [0, 0.1) is 0 Å². The Hall–Kier alpha value is -1.75. The molecule has 0 aliphatic carbocycles. The molecule has 0 spiro atoms. The summed E-state index contributed by atoms with van der Waals surface area (Å²) >= 11 is 0. The molecule has 5 nitrogen and oxygen atoms in total. The molecule has 2 aromatic rings. The quantitative estimate of drug-likeness (QED) is 0.923. The molecule has 5 heteroatoms. The number of nitrogens with zero attached hydrogens (tertiary/aromatic N) is 3. The van der Waals surface area contributed by atoms with Gasteiger partial charge in [-0.1, -0.05) is 20.8 Å². The van der Waals surface area contributed by atoms with Crippen molar-refractivity contribution in [2.24, 2.45) is 0 Å². The van der Waals surface area contributed by atoms with Gasteiger partial charge in [-0.3, -0.25) is 4.98 Å². The maximum Gasteiger partial charge on any atom is 0.226 e. The molecule has 2 aromatic heterocycles. The van der Waals surface area contributed by atoms with Crippen molar-refractivity contribution in [1.82, 2.24) is 15.0 Å². The number of pyridine rings is 1. The second-order valence-corrected chi connectivity index (χ2v) is 5.82. The zero-order valence-corrected chi connectivity index (χ0v) is 14.1. The monoisotopic (exact) mass is 303 g/mol. The van der Waals surface area contributed by atoms with E-state index in [2.05, 4.69) is 38.7 Å². The van der Waals surface area contributed by atoms with Gasteiger partial charge in [0, 0.05) is 18.7 Å². The van der Waals surface area contributed by atoms with Crippen LogP contribution < -0.4 is 4.74 Å². The molecule has 0 saturated heterocycles. The van der Waals surface area contributed by atoms with Crippen molar-refractivity contribution in [3.63, 3.8) is 0 Å². The minimum absolute atomic E-state index is 0.174. The highest BCUT2D eigenvalue weighted by Crippen LogP contribution is 2.32. The largest absolute Gasteiger partial charge is 0.474 e. The predicted octanol–water partition coefficient (Wildman–Crippen LogP) is 3.03. The lowest BCUT2D eigenvalue weighted by Gasteiger charge is -2.13. The van der Waals surface area contributed by atoms with Crippen LogP contribution in [0.1, 0.15) is 57.2 Å². The number of aliphatic hydroxyl groups excluding tert-OH is 1. The minimum atomic E-state index is 0.174. The van der Waals surface area contributed by atoms with Crippen LogP contribution in [-0.4, -0.2) is 33.3 Å². The van der Waals surface area contributed by atoms with Gasteiger partial charge in [-0.15, -0.1) is 0 Å². The molecule has 1 aliphatic heterocycles. The van der Waals surface area contributed by atoms with Crippen molar-refractivity contribution >= 4 is 10.9 Å². The second kappa shape index (κ2) is 7.01. The maximum atomic E-state index is 7.00. The highest BCUT2D eigenvalue weighted by Gasteiger charge is 2.22. The van der Waals surface area contributed by atoms with Crippen molar-refractivity contribution in [2.75, 3.05) is 7.11 Å². The molecule has 0 saturated carbocycles. The van der Waals surface area contributed by atoms with Crippen LogP contribution in [0.5, 0.6) is 5.88 Å². The van der Waals surface area contributed by atoms with Crippen molar-refractivity contribution in [3.05, 3.63) is 23.3 Å². The first kappa shape index (κ1) is 16.6. The van der Waals surface area contributed by atoms with E-state index in [1.165, 1.54) is 0 Å². The summed E-state index contributed by atoms with van der Waals surface area (Å²) in [6.45, 7) is 8.44. The number of rotatable bonds is 2. The topological polar surface area (TPSA) is 68.1 Å². The predicted molar refractivity (Wildman–Crippen MR) is 87.4 cm³/mol. The van der Waals surface area contributed by atoms with E-state index in [1.807, 2.05) is 0 Å². The van der Waals surface area contributed by atoms with E-state index >= 15 is 0 Å². The average molecular weight is 303 g/mol. The van der Waals surface area contributed by atoms with Crippen LogP contribution in [0.2, 0.25) is 0 Å². The Labute approximate surface area is 131 Å². The molecule has 1 unspecified atom stereocenters. The second-order valence-electron chi connectivity index (χ2n) is 5.82. The third-order valence-corrected chi connectivity index (χ3v) is 3.77. The molecule has 0 amide bonds. The normalized spacial score (nSPS) is 16.8. The van der Waals surface area contributed by atoms with Crippen LogP contribution in [0.25, 0.3) is 10.9 Å². The molecule has 0 bridgehead atoms. The third-order valence-electron chi connectivity index (χ3n) is 3.77. The van der Waals surface area contributed by atoms with Gasteiger partial charge in [-0.05, 0) is 32.3 Å². The molecular weight excluding hydrogens is 278 g/mol. The molecule has 0 fully saturated rings. The van der Waals surface area contributed by atoms with Gasteiger partial charge in [-0.2, -0.15) is 4.98 Å². The average Bonchev–Trinajstić information content (AvgIpc) is 2.68. The summed E-state index contributed by atoms with van der Waals surface area (Å²) in [5, 5.41) is 8.01. The number of hydrogen-bond donors (Lipinski definition) is 1. The molecule has 0 radical (unpaired) electrons. The number of aliphatic hydroxyl groups is 1. The van der Waals surface area contributed by atoms with E-state index in [0.717, 1.165) is 54.5 Å². The van der Waals surface area contributed by atoms with Crippen molar-refractivity contribution in [3.8, 4) is 5.88 Å². The van der Waals surface area contributed by atoms with E-state index in [4.69, 9.17) is 19.8 Å². The summed E-state index contributed by atoms with van der Waals surface area (Å²) in [5.41, 5.74) is 3.17. The summed E-state index contributed by atoms with van der Waals surface area (Å²) in [5.74, 6) is 1.86. The summed E-state index contributed by atoms with van der Waals surface area (Å²) in [6.07, 6.45) is 3.01. The Morgan fingerprint density at radius 3 is 2.64 bits per heavy atom. The third kappa shape index (κ3) is 3.19. The Kier molecular flexibility index (Phi) is 5.29. The first-order valence-electron chi connectivity index (χ1n) is 7.90. The first-order chi connectivity index (χ1) is 10.6. The van der Waals surface area contributed by atoms with Crippen LogP contribution >= 0.6 is 0 Å². The molecule has 1 aliphatic rings. The highest BCUT2D eigenvalue weighted by atomic mass is 16.5. The minimum Gasteiger partial charge on any atom is -0.474 e. The maximum absolute atomic E-state index is 7.00. The van der Waals surface area contributed by atoms with E-state index in [9.17, 15) is 0 Å². The van der Waals surface area contributed by atoms with Crippen molar-refractivity contribution < 1.29 is 9.84 Å². The summed E-state index contributed by atoms with van der Waals surface area (Å²) in [6, 6.07) is 2.08. The summed E-state index contributed by atoms with van der Waals surface area (Å²) in [7, 11) is 1.00.